The quantitative estimate of drug-likeness (QED) is 0.404. The molecule has 0 saturated carbocycles. The second kappa shape index (κ2) is 5.10. The van der Waals surface area contributed by atoms with Crippen molar-refractivity contribution in [3.8, 4) is 0 Å². The summed E-state index contributed by atoms with van der Waals surface area (Å²) in [4.78, 5) is 0. The molecule has 5 heteroatoms. The zero-order valence-electron chi connectivity index (χ0n) is 2.04. The van der Waals surface area contributed by atoms with Crippen molar-refractivity contribution in [3.63, 3.8) is 0 Å². The van der Waals surface area contributed by atoms with Gasteiger partial charge in [0.15, 0.2) is 0 Å². The Labute approximate surface area is 48.3 Å². The Hall–Kier alpha value is 1.10. The van der Waals surface area contributed by atoms with Crippen molar-refractivity contribution in [2.75, 3.05) is 0 Å². The van der Waals surface area contributed by atoms with Crippen LogP contribution in [0.1, 0.15) is 0 Å². The molecule has 5 heavy (non-hydrogen) atoms. The van der Waals surface area contributed by atoms with Crippen LogP contribution in [-0.2, 0) is 41.9 Å². The number of rotatable bonds is 0. The molecule has 32 valence electrons. The fourth-order valence-electron chi connectivity index (χ4n) is 0. The molecule has 0 aliphatic heterocycles. The molecule has 0 unspecified atom stereocenters. The van der Waals surface area contributed by atoms with Crippen molar-refractivity contribution < 1.29 is 48.3 Å². The van der Waals surface area contributed by atoms with Crippen molar-refractivity contribution in [1.82, 2.24) is 0 Å². The summed E-state index contributed by atoms with van der Waals surface area (Å²) in [6.07, 6.45) is 0. The van der Waals surface area contributed by atoms with Gasteiger partial charge >= 0.3 is 48.3 Å². The van der Waals surface area contributed by atoms with E-state index in [1.165, 1.54) is 0 Å². The molecule has 0 aromatic rings. The Kier molecular flexibility index (Phi) is 9.62. The second-order valence-electron chi connectivity index (χ2n) is 0.250. The maximum absolute atomic E-state index is 8.61. The van der Waals surface area contributed by atoms with Crippen LogP contribution in [0.3, 0.4) is 0 Å². The van der Waals surface area contributed by atoms with E-state index in [2.05, 4.69) is 0 Å². The number of hydrogen-bond donors (Lipinski definition) is 0. The van der Waals surface area contributed by atoms with Crippen LogP contribution >= 0.6 is 0 Å². The first-order valence-corrected chi connectivity index (χ1v) is 3.62. The zero-order chi connectivity index (χ0) is 3.58. The molecule has 0 aromatic carbocycles. The van der Waals surface area contributed by atoms with Gasteiger partial charge in [-0.05, 0) is 0 Å². The Bertz CT molecular complexity index is 29.9. The van der Waals surface area contributed by atoms with Gasteiger partial charge in [0.1, 0.15) is 0 Å². The molecule has 0 heterocycles. The summed E-state index contributed by atoms with van der Waals surface area (Å²) in [5.41, 5.74) is 0. The van der Waals surface area contributed by atoms with E-state index in [9.17, 15) is 0 Å². The summed E-state index contributed by atoms with van der Waals surface area (Å²) >= 11 is -4.29. The van der Waals surface area contributed by atoms with Gasteiger partial charge in [0.05, 0.1) is 0 Å². The van der Waals surface area contributed by atoms with Gasteiger partial charge in [0.2, 0.25) is 0 Å². The molecule has 0 spiro atoms. The molecule has 0 saturated heterocycles. The van der Waals surface area contributed by atoms with Crippen molar-refractivity contribution in [2.24, 2.45) is 0 Å². The van der Waals surface area contributed by atoms with Gasteiger partial charge in [0, 0.05) is 0 Å². The monoisotopic (exact) mass is 196 g/mol. The second-order valence-corrected chi connectivity index (χ2v) is 1.48. The van der Waals surface area contributed by atoms with Gasteiger partial charge in [-0.3, -0.25) is 0 Å². The normalized spacial score (nSPS) is 5.20. The predicted molar refractivity (Wildman–Crippen MR) is 0.686 cm³/mol. The summed E-state index contributed by atoms with van der Waals surface area (Å²) < 4.78 is 25.8. The summed E-state index contributed by atoms with van der Waals surface area (Å²) in [6, 6.07) is 0. The molecule has 0 atom stereocenters. The van der Waals surface area contributed by atoms with Crippen molar-refractivity contribution >= 4 is 0 Å². The molecule has 0 aromatic heterocycles. The third-order valence-corrected chi connectivity index (χ3v) is 0. The van der Waals surface area contributed by atoms with Gasteiger partial charge in [-0.25, -0.2) is 0 Å². The van der Waals surface area contributed by atoms with E-state index in [0.29, 0.717) is 0 Å². The third-order valence-electron chi connectivity index (χ3n) is 0. The van der Waals surface area contributed by atoms with Crippen LogP contribution in [0, 0.1) is 0 Å². The van der Waals surface area contributed by atoms with Crippen LogP contribution in [0.4, 0.5) is 0 Å². The van der Waals surface area contributed by atoms with Crippen LogP contribution in [0.2, 0.25) is 0 Å². The van der Waals surface area contributed by atoms with Gasteiger partial charge in [0.25, 0.3) is 0 Å². The first-order chi connectivity index (χ1) is 1.73. The van der Waals surface area contributed by atoms with Crippen LogP contribution in [0.15, 0.2) is 0 Å². The van der Waals surface area contributed by atoms with E-state index in [1.807, 2.05) is 0 Å². The van der Waals surface area contributed by atoms with E-state index in [4.69, 9.17) is 9.18 Å². The van der Waals surface area contributed by atoms with Gasteiger partial charge in [-0.1, -0.05) is 0 Å². The zero-order valence-corrected chi connectivity index (χ0v) is 5.49. The Morgan fingerprint density at radius 3 is 1.40 bits per heavy atom. The molecule has 3 nitrogen and oxygen atoms in total. The van der Waals surface area contributed by atoms with Crippen molar-refractivity contribution in [2.45, 2.75) is 0 Å². The van der Waals surface area contributed by atoms with Gasteiger partial charge in [-0.15, -0.1) is 0 Å². The van der Waals surface area contributed by atoms with Crippen LogP contribution in [0.25, 0.3) is 0 Å². The van der Waals surface area contributed by atoms with Gasteiger partial charge in [-0.2, -0.15) is 0 Å². The van der Waals surface area contributed by atoms with Crippen LogP contribution in [-0.4, -0.2) is 0 Å². The van der Waals surface area contributed by atoms with E-state index in [1.54, 1.807) is 0 Å². The van der Waals surface area contributed by atoms with Crippen molar-refractivity contribution in [3.05, 3.63) is 0 Å². The summed E-state index contributed by atoms with van der Waals surface area (Å²) in [5.74, 6) is 0. The Balaban J connectivity index is 0. The fraction of sp³-hybridized carbons (Fsp3) is 0. The van der Waals surface area contributed by atoms with Crippen molar-refractivity contribution in [1.29, 1.82) is 0 Å². The third kappa shape index (κ3) is 40.6. The van der Waals surface area contributed by atoms with Crippen LogP contribution in [0.5, 0.6) is 0 Å². The average Bonchev–Trinajstić information content (AvgIpc) is 0.811. The predicted octanol–water partition coefficient (Wildman–Crippen LogP) is -2.50. The average molecular weight is 198 g/mol. The summed E-state index contributed by atoms with van der Waals surface area (Å²) in [7, 11) is 0. The topological polar surface area (TPSA) is 63.2 Å². The molecule has 0 amide bonds. The first kappa shape index (κ1) is 9.44. The molecular weight excluding hydrogens is 198 g/mol. The minimum absolute atomic E-state index is 0. The maximum atomic E-state index is 8.61. The molecule has 0 N–H and O–H groups in total. The van der Waals surface area contributed by atoms with E-state index >= 15 is 0 Å². The first-order valence-electron chi connectivity index (χ1n) is 0.612. The molecule has 0 fully saturated rings. The molecule has 0 rings (SSSR count). The molecular formula is NiO3Zr. The van der Waals surface area contributed by atoms with E-state index < -0.39 is 22.6 Å². The van der Waals surface area contributed by atoms with Gasteiger partial charge < -0.3 is 0 Å². The fourth-order valence-corrected chi connectivity index (χ4v) is 0. The Morgan fingerprint density at radius 2 is 1.40 bits per heavy atom. The minimum atomic E-state index is -4.29. The molecule has 0 radical (unpaired) electrons. The molecule has 0 bridgehead atoms. The summed E-state index contributed by atoms with van der Waals surface area (Å²) in [5, 5.41) is 0. The van der Waals surface area contributed by atoms with E-state index in [-0.39, 0.29) is 16.5 Å². The SMILES string of the molecule is [Ni+2].[O]=[Zr]([O-])[O-]. The standard InChI is InChI=1S/Ni.3O.Zr/q+2;;2*-1;. The summed E-state index contributed by atoms with van der Waals surface area (Å²) in [6.45, 7) is 0. The molecule has 0 aliphatic carbocycles. The number of hydrogen-bond acceptors (Lipinski definition) is 3. The Morgan fingerprint density at radius 1 is 1.40 bits per heavy atom. The van der Waals surface area contributed by atoms with Crippen LogP contribution < -0.4 is 6.37 Å². The molecule has 0 aliphatic rings. The van der Waals surface area contributed by atoms with E-state index in [0.717, 1.165) is 0 Å².